The molecule has 3 rings (SSSR count). The smallest absolute Gasteiger partial charge is 0.270 e. The number of non-ortho nitro benzene ring substituents is 1. The molecule has 0 aliphatic carbocycles. The third-order valence-corrected chi connectivity index (χ3v) is 3.60. The van der Waals surface area contributed by atoms with Gasteiger partial charge in [-0.15, -0.1) is 0 Å². The fraction of sp³-hybridized carbons (Fsp3) is 0.118. The van der Waals surface area contributed by atoms with Crippen LogP contribution < -0.4 is 0 Å². The van der Waals surface area contributed by atoms with Crippen LogP contribution in [0.3, 0.4) is 0 Å². The Hall–Kier alpha value is -2.95. The molecule has 5 heteroatoms. The van der Waals surface area contributed by atoms with Crippen molar-refractivity contribution in [1.82, 2.24) is 10.2 Å². The fourth-order valence-corrected chi connectivity index (χ4v) is 2.32. The summed E-state index contributed by atoms with van der Waals surface area (Å²) < 4.78 is 0. The Morgan fingerprint density at radius 2 is 1.86 bits per heavy atom. The molecule has 0 saturated heterocycles. The summed E-state index contributed by atoms with van der Waals surface area (Å²) in [6, 6.07) is 16.6. The SMILES string of the molecule is CCc1ccc(-c2cc(-c3cccc([N+](=O)[O-])c3)[nH]n2)cc1. The van der Waals surface area contributed by atoms with E-state index >= 15 is 0 Å². The fourth-order valence-electron chi connectivity index (χ4n) is 2.32. The molecule has 5 nitrogen and oxygen atoms in total. The number of H-pyrrole nitrogens is 1. The molecule has 0 atom stereocenters. The second-order valence-electron chi connectivity index (χ2n) is 5.02. The van der Waals surface area contributed by atoms with Crippen molar-refractivity contribution in [2.45, 2.75) is 13.3 Å². The average Bonchev–Trinajstić information content (AvgIpc) is 3.05. The predicted octanol–water partition coefficient (Wildman–Crippen LogP) is 4.21. The minimum atomic E-state index is -0.399. The molecule has 1 N–H and O–H groups in total. The van der Waals surface area contributed by atoms with Gasteiger partial charge in [0.1, 0.15) is 0 Å². The van der Waals surface area contributed by atoms with Gasteiger partial charge in [0.25, 0.3) is 5.69 Å². The Kier molecular flexibility index (Phi) is 3.70. The maximum absolute atomic E-state index is 10.9. The zero-order chi connectivity index (χ0) is 15.5. The summed E-state index contributed by atoms with van der Waals surface area (Å²) in [7, 11) is 0. The van der Waals surface area contributed by atoms with E-state index in [1.54, 1.807) is 6.07 Å². The van der Waals surface area contributed by atoms with Gasteiger partial charge in [-0.2, -0.15) is 5.10 Å². The summed E-state index contributed by atoms with van der Waals surface area (Å²) in [4.78, 5) is 10.5. The van der Waals surface area contributed by atoms with Gasteiger partial charge in [-0.3, -0.25) is 15.2 Å². The molecule has 1 heterocycles. The number of aryl methyl sites for hydroxylation is 1. The summed E-state index contributed by atoms with van der Waals surface area (Å²) in [5, 5.41) is 18.1. The number of nitrogens with one attached hydrogen (secondary N) is 1. The van der Waals surface area contributed by atoms with Crippen LogP contribution in [0.15, 0.2) is 54.6 Å². The van der Waals surface area contributed by atoms with E-state index in [2.05, 4.69) is 29.3 Å². The Balaban J connectivity index is 1.93. The molecule has 0 fully saturated rings. The summed E-state index contributed by atoms with van der Waals surface area (Å²) in [6.07, 6.45) is 1.000. The molecule has 22 heavy (non-hydrogen) atoms. The van der Waals surface area contributed by atoms with Gasteiger partial charge in [0.2, 0.25) is 0 Å². The van der Waals surface area contributed by atoms with Crippen LogP contribution in [0, 0.1) is 10.1 Å². The van der Waals surface area contributed by atoms with E-state index in [1.165, 1.54) is 17.7 Å². The number of nitro benzene ring substituents is 1. The van der Waals surface area contributed by atoms with Crippen LogP contribution in [-0.2, 0) is 6.42 Å². The largest absolute Gasteiger partial charge is 0.277 e. The lowest BCUT2D eigenvalue weighted by atomic mass is 10.1. The predicted molar refractivity (Wildman–Crippen MR) is 85.5 cm³/mol. The van der Waals surface area contributed by atoms with Gasteiger partial charge in [0.05, 0.1) is 16.3 Å². The highest BCUT2D eigenvalue weighted by molar-refractivity contribution is 5.69. The zero-order valence-corrected chi connectivity index (χ0v) is 12.1. The topological polar surface area (TPSA) is 71.8 Å². The second kappa shape index (κ2) is 5.81. The molecule has 0 aliphatic heterocycles. The molecule has 110 valence electrons. The van der Waals surface area contributed by atoms with Crippen LogP contribution in [0.1, 0.15) is 12.5 Å². The number of nitro groups is 1. The van der Waals surface area contributed by atoms with Crippen molar-refractivity contribution in [1.29, 1.82) is 0 Å². The Labute approximate surface area is 127 Å². The molecule has 0 amide bonds. The van der Waals surface area contributed by atoms with Gasteiger partial charge < -0.3 is 0 Å². The molecule has 2 aromatic carbocycles. The highest BCUT2D eigenvalue weighted by atomic mass is 16.6. The first-order valence-corrected chi connectivity index (χ1v) is 7.07. The molecule has 0 radical (unpaired) electrons. The molecule has 0 bridgehead atoms. The minimum Gasteiger partial charge on any atom is -0.277 e. The third-order valence-electron chi connectivity index (χ3n) is 3.60. The number of hydrogen-bond acceptors (Lipinski definition) is 3. The van der Waals surface area contributed by atoms with Crippen molar-refractivity contribution in [2.24, 2.45) is 0 Å². The van der Waals surface area contributed by atoms with E-state index in [0.717, 1.165) is 28.9 Å². The van der Waals surface area contributed by atoms with E-state index in [0.29, 0.717) is 0 Å². The van der Waals surface area contributed by atoms with Gasteiger partial charge in [-0.1, -0.05) is 43.3 Å². The molecule has 0 aliphatic rings. The van der Waals surface area contributed by atoms with E-state index in [1.807, 2.05) is 24.3 Å². The number of nitrogens with zero attached hydrogens (tertiary/aromatic N) is 2. The first-order valence-electron chi connectivity index (χ1n) is 7.07. The van der Waals surface area contributed by atoms with Crippen molar-refractivity contribution in [3.05, 3.63) is 70.3 Å². The van der Waals surface area contributed by atoms with Crippen molar-refractivity contribution in [3.63, 3.8) is 0 Å². The monoisotopic (exact) mass is 293 g/mol. The average molecular weight is 293 g/mol. The number of aromatic nitrogens is 2. The quantitative estimate of drug-likeness (QED) is 0.578. The Morgan fingerprint density at radius 1 is 1.09 bits per heavy atom. The number of hydrogen-bond donors (Lipinski definition) is 1. The molecule has 0 spiro atoms. The molecular formula is C17H15N3O2. The molecule has 3 aromatic rings. The van der Waals surface area contributed by atoms with Crippen LogP contribution >= 0.6 is 0 Å². The van der Waals surface area contributed by atoms with E-state index < -0.39 is 4.92 Å². The third kappa shape index (κ3) is 2.74. The summed E-state index contributed by atoms with van der Waals surface area (Å²) in [5.41, 5.74) is 4.70. The number of rotatable bonds is 4. The number of aromatic amines is 1. The lowest BCUT2D eigenvalue weighted by Crippen LogP contribution is -1.88. The van der Waals surface area contributed by atoms with Gasteiger partial charge in [-0.05, 0) is 18.1 Å². The molecule has 0 saturated carbocycles. The maximum Gasteiger partial charge on any atom is 0.270 e. The van der Waals surface area contributed by atoms with Gasteiger partial charge in [-0.25, -0.2) is 0 Å². The Morgan fingerprint density at radius 3 is 2.55 bits per heavy atom. The second-order valence-corrected chi connectivity index (χ2v) is 5.02. The molecule has 1 aromatic heterocycles. The van der Waals surface area contributed by atoms with E-state index in [4.69, 9.17) is 0 Å². The van der Waals surface area contributed by atoms with Gasteiger partial charge in [0, 0.05) is 23.3 Å². The first kappa shape index (κ1) is 14.0. The van der Waals surface area contributed by atoms with E-state index in [-0.39, 0.29) is 5.69 Å². The summed E-state index contributed by atoms with van der Waals surface area (Å²) in [6.45, 7) is 2.12. The molecule has 0 unspecified atom stereocenters. The van der Waals surface area contributed by atoms with Gasteiger partial charge in [0.15, 0.2) is 0 Å². The first-order chi connectivity index (χ1) is 10.7. The maximum atomic E-state index is 10.9. The highest BCUT2D eigenvalue weighted by Crippen LogP contribution is 2.26. The Bertz CT molecular complexity index is 807. The van der Waals surface area contributed by atoms with Crippen LogP contribution in [-0.4, -0.2) is 15.1 Å². The molecular weight excluding hydrogens is 278 g/mol. The summed E-state index contributed by atoms with van der Waals surface area (Å²) >= 11 is 0. The lowest BCUT2D eigenvalue weighted by Gasteiger charge is -1.99. The van der Waals surface area contributed by atoms with Crippen molar-refractivity contribution < 1.29 is 4.92 Å². The normalized spacial score (nSPS) is 10.6. The van der Waals surface area contributed by atoms with Crippen molar-refractivity contribution in [3.8, 4) is 22.5 Å². The van der Waals surface area contributed by atoms with Gasteiger partial charge >= 0.3 is 0 Å². The van der Waals surface area contributed by atoms with Crippen molar-refractivity contribution >= 4 is 5.69 Å². The zero-order valence-electron chi connectivity index (χ0n) is 12.1. The van der Waals surface area contributed by atoms with Crippen LogP contribution in [0.25, 0.3) is 22.5 Å². The van der Waals surface area contributed by atoms with Crippen molar-refractivity contribution in [2.75, 3.05) is 0 Å². The minimum absolute atomic E-state index is 0.0703. The lowest BCUT2D eigenvalue weighted by molar-refractivity contribution is -0.384. The van der Waals surface area contributed by atoms with Crippen LogP contribution in [0.4, 0.5) is 5.69 Å². The standard InChI is InChI=1S/C17H15N3O2/c1-2-12-6-8-13(9-7-12)16-11-17(19-18-16)14-4-3-5-15(10-14)20(21)22/h3-11H,2H2,1H3,(H,18,19). The number of benzene rings is 2. The summed E-state index contributed by atoms with van der Waals surface area (Å²) in [5.74, 6) is 0. The van der Waals surface area contributed by atoms with Crippen LogP contribution in [0.5, 0.6) is 0 Å². The van der Waals surface area contributed by atoms with E-state index in [9.17, 15) is 10.1 Å². The highest BCUT2D eigenvalue weighted by Gasteiger charge is 2.10. The van der Waals surface area contributed by atoms with Crippen LogP contribution in [0.2, 0.25) is 0 Å².